The van der Waals surface area contributed by atoms with Gasteiger partial charge in [-0.05, 0) is 31.7 Å². The summed E-state index contributed by atoms with van der Waals surface area (Å²) in [5, 5.41) is 0. The quantitative estimate of drug-likeness (QED) is 0.802. The van der Waals surface area contributed by atoms with Gasteiger partial charge in [-0.1, -0.05) is 29.8 Å². The Morgan fingerprint density at radius 3 is 2.73 bits per heavy atom. The van der Waals surface area contributed by atoms with Crippen LogP contribution in [0.25, 0.3) is 0 Å². The Kier molecular flexibility index (Phi) is 3.08. The topological polar surface area (TPSA) is 35.2 Å². The van der Waals surface area contributed by atoms with Gasteiger partial charge in [0, 0.05) is 18.8 Å². The summed E-state index contributed by atoms with van der Waals surface area (Å²) in [6.07, 6.45) is 2.92. The van der Waals surface area contributed by atoms with Crippen LogP contribution in [0.2, 0.25) is 0 Å². The average molecular weight is 205 g/mol. The number of rotatable bonds is 2. The molecule has 0 bridgehead atoms. The predicted octanol–water partition coefficient (Wildman–Crippen LogP) is 2.05. The van der Waals surface area contributed by atoms with Crippen molar-refractivity contribution in [1.29, 1.82) is 0 Å². The van der Waals surface area contributed by atoms with Crippen molar-refractivity contribution in [2.24, 2.45) is 5.73 Å². The molecule has 15 heavy (non-hydrogen) atoms. The van der Waals surface area contributed by atoms with Gasteiger partial charge in [0.15, 0.2) is 0 Å². The molecule has 2 rings (SSSR count). The van der Waals surface area contributed by atoms with Crippen LogP contribution in [0.1, 0.15) is 24.0 Å². The minimum atomic E-state index is -0.0496. The molecule has 82 valence electrons. The third kappa shape index (κ3) is 2.80. The van der Waals surface area contributed by atoms with E-state index in [1.807, 2.05) is 0 Å². The molecule has 0 spiro atoms. The van der Waals surface area contributed by atoms with Crippen molar-refractivity contribution in [2.75, 3.05) is 13.2 Å². The molecular formula is C13H19NO. The van der Waals surface area contributed by atoms with E-state index in [4.69, 9.17) is 10.5 Å². The van der Waals surface area contributed by atoms with Crippen molar-refractivity contribution >= 4 is 0 Å². The Hall–Kier alpha value is -0.860. The van der Waals surface area contributed by atoms with E-state index in [-0.39, 0.29) is 5.54 Å². The van der Waals surface area contributed by atoms with E-state index in [0.29, 0.717) is 0 Å². The lowest BCUT2D eigenvalue weighted by atomic mass is 9.84. The van der Waals surface area contributed by atoms with Gasteiger partial charge in [-0.3, -0.25) is 0 Å². The zero-order chi connectivity index (χ0) is 10.7. The highest BCUT2D eigenvalue weighted by Gasteiger charge is 2.27. The van der Waals surface area contributed by atoms with Gasteiger partial charge in [0.05, 0.1) is 0 Å². The zero-order valence-electron chi connectivity index (χ0n) is 9.33. The molecule has 0 amide bonds. The van der Waals surface area contributed by atoms with Crippen LogP contribution in [0.5, 0.6) is 0 Å². The summed E-state index contributed by atoms with van der Waals surface area (Å²) in [4.78, 5) is 0. The van der Waals surface area contributed by atoms with Gasteiger partial charge in [-0.15, -0.1) is 0 Å². The van der Waals surface area contributed by atoms with Gasteiger partial charge >= 0.3 is 0 Å². The predicted molar refractivity (Wildman–Crippen MR) is 61.9 cm³/mol. The molecule has 2 nitrogen and oxygen atoms in total. The maximum Gasteiger partial charge on any atom is 0.0483 e. The van der Waals surface area contributed by atoms with E-state index < -0.39 is 0 Å². The molecular weight excluding hydrogens is 186 g/mol. The first-order valence-corrected chi connectivity index (χ1v) is 5.60. The van der Waals surface area contributed by atoms with Crippen molar-refractivity contribution in [2.45, 2.75) is 31.7 Å². The number of ether oxygens (including phenoxy) is 1. The Morgan fingerprint density at radius 2 is 2.07 bits per heavy atom. The molecule has 1 aromatic rings. The molecule has 1 aliphatic heterocycles. The van der Waals surface area contributed by atoms with Gasteiger partial charge in [0.2, 0.25) is 0 Å². The summed E-state index contributed by atoms with van der Waals surface area (Å²) in [7, 11) is 0. The van der Waals surface area contributed by atoms with Gasteiger partial charge in [0.25, 0.3) is 0 Å². The van der Waals surface area contributed by atoms with Crippen LogP contribution >= 0.6 is 0 Å². The minimum absolute atomic E-state index is 0.0496. The summed E-state index contributed by atoms with van der Waals surface area (Å²) in [6.45, 7) is 3.74. The van der Waals surface area contributed by atoms with E-state index in [0.717, 1.165) is 32.5 Å². The molecule has 0 unspecified atom stereocenters. The van der Waals surface area contributed by atoms with Gasteiger partial charge in [0.1, 0.15) is 0 Å². The second kappa shape index (κ2) is 4.33. The first-order valence-electron chi connectivity index (χ1n) is 5.60. The van der Waals surface area contributed by atoms with Crippen LogP contribution in [0.15, 0.2) is 24.3 Å². The molecule has 0 atom stereocenters. The summed E-state index contributed by atoms with van der Waals surface area (Å²) in [5.41, 5.74) is 8.97. The molecule has 0 saturated carbocycles. The van der Waals surface area contributed by atoms with E-state index in [9.17, 15) is 0 Å². The summed E-state index contributed by atoms with van der Waals surface area (Å²) in [6, 6.07) is 8.62. The number of nitrogens with two attached hydrogens (primary N) is 1. The third-order valence-electron chi connectivity index (χ3n) is 3.13. The largest absolute Gasteiger partial charge is 0.381 e. The maximum absolute atomic E-state index is 6.36. The highest BCUT2D eigenvalue weighted by Crippen LogP contribution is 2.22. The van der Waals surface area contributed by atoms with Crippen LogP contribution in [-0.2, 0) is 11.2 Å². The highest BCUT2D eigenvalue weighted by molar-refractivity contribution is 5.24. The smallest absolute Gasteiger partial charge is 0.0483 e. The number of hydrogen-bond donors (Lipinski definition) is 1. The molecule has 1 saturated heterocycles. The monoisotopic (exact) mass is 205 g/mol. The first kappa shape index (κ1) is 10.7. The number of hydrogen-bond acceptors (Lipinski definition) is 2. The lowest BCUT2D eigenvalue weighted by molar-refractivity contribution is 0.0533. The Labute approximate surface area is 91.4 Å². The Morgan fingerprint density at radius 1 is 1.33 bits per heavy atom. The fourth-order valence-electron chi connectivity index (χ4n) is 2.18. The fraction of sp³-hybridized carbons (Fsp3) is 0.538. The number of aryl methyl sites for hydroxylation is 1. The number of benzene rings is 1. The zero-order valence-corrected chi connectivity index (χ0v) is 9.33. The summed E-state index contributed by atoms with van der Waals surface area (Å²) >= 11 is 0. The molecule has 0 radical (unpaired) electrons. The lowest BCUT2D eigenvalue weighted by Gasteiger charge is -2.33. The van der Waals surface area contributed by atoms with Crippen LogP contribution in [-0.4, -0.2) is 18.8 Å². The normalized spacial score (nSPS) is 20.1. The minimum Gasteiger partial charge on any atom is -0.381 e. The summed E-state index contributed by atoms with van der Waals surface area (Å²) in [5.74, 6) is 0. The maximum atomic E-state index is 6.36. The van der Waals surface area contributed by atoms with Crippen LogP contribution in [0.3, 0.4) is 0 Å². The van der Waals surface area contributed by atoms with Crippen molar-refractivity contribution in [3.63, 3.8) is 0 Å². The molecule has 0 aromatic heterocycles. The third-order valence-corrected chi connectivity index (χ3v) is 3.13. The molecule has 1 aliphatic rings. The second-order valence-corrected chi connectivity index (χ2v) is 4.64. The van der Waals surface area contributed by atoms with Crippen LogP contribution < -0.4 is 5.73 Å². The molecule has 1 heterocycles. The van der Waals surface area contributed by atoms with Gasteiger partial charge < -0.3 is 10.5 Å². The standard InChI is InChI=1S/C13H19NO/c1-11-3-2-4-12(9-11)10-13(14)5-7-15-8-6-13/h2-4,9H,5-8,10,14H2,1H3. The Balaban J connectivity index is 2.06. The van der Waals surface area contributed by atoms with Crippen LogP contribution in [0, 0.1) is 6.92 Å². The lowest BCUT2D eigenvalue weighted by Crippen LogP contribution is -2.46. The van der Waals surface area contributed by atoms with E-state index >= 15 is 0 Å². The van der Waals surface area contributed by atoms with E-state index in [1.54, 1.807) is 0 Å². The molecule has 1 fully saturated rings. The van der Waals surface area contributed by atoms with E-state index in [2.05, 4.69) is 31.2 Å². The first-order chi connectivity index (χ1) is 7.18. The molecule has 2 heteroatoms. The van der Waals surface area contributed by atoms with Crippen molar-refractivity contribution in [1.82, 2.24) is 0 Å². The van der Waals surface area contributed by atoms with Crippen molar-refractivity contribution < 1.29 is 4.74 Å². The van der Waals surface area contributed by atoms with Gasteiger partial charge in [-0.2, -0.15) is 0 Å². The van der Waals surface area contributed by atoms with Gasteiger partial charge in [-0.25, -0.2) is 0 Å². The summed E-state index contributed by atoms with van der Waals surface area (Å²) < 4.78 is 5.35. The molecule has 0 aliphatic carbocycles. The van der Waals surface area contributed by atoms with Crippen LogP contribution in [0.4, 0.5) is 0 Å². The highest BCUT2D eigenvalue weighted by atomic mass is 16.5. The Bertz CT molecular complexity index is 329. The van der Waals surface area contributed by atoms with Crippen molar-refractivity contribution in [3.8, 4) is 0 Å². The second-order valence-electron chi connectivity index (χ2n) is 4.64. The van der Waals surface area contributed by atoms with E-state index in [1.165, 1.54) is 11.1 Å². The molecule has 1 aromatic carbocycles. The van der Waals surface area contributed by atoms with Crippen molar-refractivity contribution in [3.05, 3.63) is 35.4 Å². The molecule has 2 N–H and O–H groups in total. The average Bonchev–Trinajstić information content (AvgIpc) is 2.18. The SMILES string of the molecule is Cc1cccc(CC2(N)CCOCC2)c1. The fourth-order valence-corrected chi connectivity index (χ4v) is 2.18.